The molecule has 0 atom stereocenters. The highest BCUT2D eigenvalue weighted by atomic mass is 19.1. The Hall–Kier alpha value is -2.43. The SMILES string of the molecule is O=[N+]([O-])c1cccc(F)c1Nc1ccccc1. The van der Waals surface area contributed by atoms with Gasteiger partial charge in [0.1, 0.15) is 0 Å². The molecular weight excluding hydrogens is 223 g/mol. The number of benzene rings is 2. The number of nitro groups is 1. The van der Waals surface area contributed by atoms with E-state index < -0.39 is 10.7 Å². The molecule has 2 aromatic rings. The van der Waals surface area contributed by atoms with Crippen molar-refractivity contribution in [1.82, 2.24) is 0 Å². The third kappa shape index (κ3) is 2.39. The largest absolute Gasteiger partial charge is 0.347 e. The summed E-state index contributed by atoms with van der Waals surface area (Å²) in [4.78, 5) is 10.1. The number of nitrogens with one attached hydrogen (secondary N) is 1. The van der Waals surface area contributed by atoms with E-state index in [0.29, 0.717) is 5.69 Å². The summed E-state index contributed by atoms with van der Waals surface area (Å²) in [5, 5.41) is 13.5. The van der Waals surface area contributed by atoms with Crippen LogP contribution in [0.3, 0.4) is 0 Å². The van der Waals surface area contributed by atoms with E-state index in [9.17, 15) is 14.5 Å². The average Bonchev–Trinajstić information content (AvgIpc) is 2.33. The Morgan fingerprint density at radius 1 is 1.06 bits per heavy atom. The lowest BCUT2D eigenvalue weighted by Gasteiger charge is -2.07. The molecule has 0 amide bonds. The summed E-state index contributed by atoms with van der Waals surface area (Å²) >= 11 is 0. The van der Waals surface area contributed by atoms with Crippen LogP contribution in [0.1, 0.15) is 0 Å². The van der Waals surface area contributed by atoms with Crippen molar-refractivity contribution in [3.8, 4) is 0 Å². The molecule has 17 heavy (non-hydrogen) atoms. The molecule has 5 heteroatoms. The van der Waals surface area contributed by atoms with E-state index in [1.807, 2.05) is 0 Å². The second-order valence-corrected chi connectivity index (χ2v) is 3.38. The summed E-state index contributed by atoms with van der Waals surface area (Å²) in [6.45, 7) is 0. The quantitative estimate of drug-likeness (QED) is 0.651. The molecule has 0 saturated carbocycles. The van der Waals surface area contributed by atoms with Crippen LogP contribution in [0.4, 0.5) is 21.5 Å². The molecule has 0 fully saturated rings. The monoisotopic (exact) mass is 232 g/mol. The first-order valence-electron chi connectivity index (χ1n) is 4.93. The zero-order chi connectivity index (χ0) is 12.3. The predicted octanol–water partition coefficient (Wildman–Crippen LogP) is 3.48. The Kier molecular flexibility index (Phi) is 3.00. The van der Waals surface area contributed by atoms with Crippen LogP contribution in [-0.2, 0) is 0 Å². The predicted molar refractivity (Wildman–Crippen MR) is 62.8 cm³/mol. The number of halogens is 1. The van der Waals surface area contributed by atoms with E-state index >= 15 is 0 Å². The van der Waals surface area contributed by atoms with Crippen molar-refractivity contribution in [2.24, 2.45) is 0 Å². The zero-order valence-corrected chi connectivity index (χ0v) is 8.76. The highest BCUT2D eigenvalue weighted by Gasteiger charge is 2.17. The molecule has 2 aromatic carbocycles. The van der Waals surface area contributed by atoms with Crippen molar-refractivity contribution in [2.45, 2.75) is 0 Å². The second kappa shape index (κ2) is 4.61. The van der Waals surface area contributed by atoms with Gasteiger partial charge in [0, 0.05) is 11.8 Å². The van der Waals surface area contributed by atoms with E-state index in [4.69, 9.17) is 0 Å². The van der Waals surface area contributed by atoms with E-state index in [1.165, 1.54) is 18.2 Å². The van der Waals surface area contributed by atoms with Gasteiger partial charge in [-0.2, -0.15) is 0 Å². The Labute approximate surface area is 96.9 Å². The van der Waals surface area contributed by atoms with Crippen LogP contribution in [0.25, 0.3) is 0 Å². The van der Waals surface area contributed by atoms with Crippen molar-refractivity contribution >= 4 is 17.1 Å². The third-order valence-corrected chi connectivity index (χ3v) is 2.23. The van der Waals surface area contributed by atoms with E-state index in [-0.39, 0.29) is 11.4 Å². The summed E-state index contributed by atoms with van der Waals surface area (Å²) in [5.74, 6) is -0.650. The van der Waals surface area contributed by atoms with Crippen LogP contribution in [-0.4, -0.2) is 4.92 Å². The summed E-state index contributed by atoms with van der Waals surface area (Å²) in [7, 11) is 0. The first-order chi connectivity index (χ1) is 8.18. The van der Waals surface area contributed by atoms with Gasteiger partial charge in [0.2, 0.25) is 0 Å². The number of hydrogen-bond acceptors (Lipinski definition) is 3. The molecule has 0 radical (unpaired) electrons. The van der Waals surface area contributed by atoms with Crippen LogP contribution >= 0.6 is 0 Å². The number of para-hydroxylation sites is 2. The van der Waals surface area contributed by atoms with Gasteiger partial charge >= 0.3 is 0 Å². The molecule has 0 aliphatic rings. The van der Waals surface area contributed by atoms with Gasteiger partial charge in [-0.05, 0) is 18.2 Å². The maximum Gasteiger partial charge on any atom is 0.295 e. The van der Waals surface area contributed by atoms with Gasteiger partial charge in [-0.1, -0.05) is 24.3 Å². The Bertz CT molecular complexity index is 543. The average molecular weight is 232 g/mol. The molecule has 0 unspecified atom stereocenters. The van der Waals surface area contributed by atoms with Crippen molar-refractivity contribution in [3.05, 3.63) is 64.5 Å². The van der Waals surface area contributed by atoms with Gasteiger partial charge in [0.15, 0.2) is 11.5 Å². The molecule has 2 rings (SSSR count). The normalized spacial score (nSPS) is 9.94. The van der Waals surface area contributed by atoms with Crippen molar-refractivity contribution in [2.75, 3.05) is 5.32 Å². The van der Waals surface area contributed by atoms with Gasteiger partial charge in [-0.25, -0.2) is 4.39 Å². The highest BCUT2D eigenvalue weighted by Crippen LogP contribution is 2.29. The fourth-order valence-corrected chi connectivity index (χ4v) is 1.45. The van der Waals surface area contributed by atoms with Crippen LogP contribution in [0.5, 0.6) is 0 Å². The van der Waals surface area contributed by atoms with Crippen LogP contribution in [0, 0.1) is 15.9 Å². The molecule has 0 bridgehead atoms. The van der Waals surface area contributed by atoms with Crippen LogP contribution in [0.15, 0.2) is 48.5 Å². The molecule has 0 heterocycles. The van der Waals surface area contributed by atoms with E-state index in [1.54, 1.807) is 30.3 Å². The fourth-order valence-electron chi connectivity index (χ4n) is 1.45. The molecule has 4 nitrogen and oxygen atoms in total. The summed E-state index contributed by atoms with van der Waals surface area (Å²) in [5.41, 5.74) is 0.193. The smallest absolute Gasteiger partial charge is 0.295 e. The lowest BCUT2D eigenvalue weighted by molar-refractivity contribution is -0.384. The molecule has 0 saturated heterocycles. The maximum absolute atomic E-state index is 13.5. The van der Waals surface area contributed by atoms with Crippen molar-refractivity contribution in [3.63, 3.8) is 0 Å². The summed E-state index contributed by atoms with van der Waals surface area (Å²) < 4.78 is 13.5. The lowest BCUT2D eigenvalue weighted by Crippen LogP contribution is -1.99. The van der Waals surface area contributed by atoms with E-state index in [0.717, 1.165) is 0 Å². The molecule has 0 aromatic heterocycles. The minimum atomic E-state index is -0.650. The van der Waals surface area contributed by atoms with Gasteiger partial charge in [-0.15, -0.1) is 0 Å². The molecule has 1 N–H and O–H groups in total. The van der Waals surface area contributed by atoms with Gasteiger partial charge < -0.3 is 5.32 Å². The van der Waals surface area contributed by atoms with Gasteiger partial charge in [0.05, 0.1) is 4.92 Å². The maximum atomic E-state index is 13.5. The zero-order valence-electron chi connectivity index (χ0n) is 8.76. The molecular formula is C12H9FN2O2. The third-order valence-electron chi connectivity index (χ3n) is 2.23. The fraction of sp³-hybridized carbons (Fsp3) is 0. The Morgan fingerprint density at radius 2 is 1.76 bits per heavy atom. The van der Waals surface area contributed by atoms with Crippen LogP contribution < -0.4 is 5.32 Å². The van der Waals surface area contributed by atoms with Crippen molar-refractivity contribution in [1.29, 1.82) is 0 Å². The minimum absolute atomic E-state index is 0.122. The highest BCUT2D eigenvalue weighted by molar-refractivity contribution is 5.69. The summed E-state index contributed by atoms with van der Waals surface area (Å²) in [6.07, 6.45) is 0. The van der Waals surface area contributed by atoms with Crippen molar-refractivity contribution < 1.29 is 9.31 Å². The minimum Gasteiger partial charge on any atom is -0.347 e. The number of nitrogens with zero attached hydrogens (tertiary/aromatic N) is 1. The number of rotatable bonds is 3. The molecule has 0 spiro atoms. The summed E-state index contributed by atoms with van der Waals surface area (Å²) in [6, 6.07) is 12.5. The number of nitro benzene ring substituents is 1. The first kappa shape index (κ1) is 11.1. The topological polar surface area (TPSA) is 55.2 Å². The second-order valence-electron chi connectivity index (χ2n) is 3.38. The number of anilines is 2. The van der Waals surface area contributed by atoms with Gasteiger partial charge in [-0.3, -0.25) is 10.1 Å². The molecule has 0 aliphatic heterocycles. The molecule has 86 valence electrons. The Balaban J connectivity index is 2.41. The first-order valence-corrected chi connectivity index (χ1v) is 4.93. The standard InChI is InChI=1S/C12H9FN2O2/c13-10-7-4-8-11(15(16)17)12(10)14-9-5-2-1-3-6-9/h1-8,14H. The Morgan fingerprint density at radius 3 is 2.41 bits per heavy atom. The number of hydrogen-bond donors (Lipinski definition) is 1. The molecule has 0 aliphatic carbocycles. The lowest BCUT2D eigenvalue weighted by atomic mass is 10.2. The van der Waals surface area contributed by atoms with Crippen LogP contribution in [0.2, 0.25) is 0 Å². The van der Waals surface area contributed by atoms with Gasteiger partial charge in [0.25, 0.3) is 5.69 Å². The van der Waals surface area contributed by atoms with E-state index in [2.05, 4.69) is 5.32 Å².